The molecule has 0 unspecified atom stereocenters. The number of benzene rings is 1. The molecule has 0 radical (unpaired) electrons. The number of esters is 1. The number of carbonyl (C=O) groups excluding carboxylic acids is 1. The van der Waals surface area contributed by atoms with Gasteiger partial charge in [-0.05, 0) is 33.8 Å². The molecule has 0 saturated carbocycles. The number of aromatic nitrogens is 2. The number of carbonyl (C=O) groups is 1. The van der Waals surface area contributed by atoms with Crippen molar-refractivity contribution in [2.24, 2.45) is 7.05 Å². The van der Waals surface area contributed by atoms with Crippen LogP contribution in [0.2, 0.25) is 5.02 Å². The molecule has 0 atom stereocenters. The lowest BCUT2D eigenvalue weighted by molar-refractivity contribution is 0.00578. The molecule has 0 bridgehead atoms. The van der Waals surface area contributed by atoms with Gasteiger partial charge in [0.05, 0.1) is 21.9 Å². The zero-order valence-corrected chi connectivity index (χ0v) is 18.1. The number of imidazole rings is 1. The Labute approximate surface area is 175 Å². The highest BCUT2D eigenvalue weighted by molar-refractivity contribution is 6.66. The predicted octanol–water partition coefficient (Wildman–Crippen LogP) is 2.24. The summed E-state index contributed by atoms with van der Waals surface area (Å²) in [4.78, 5) is 17.2. The minimum atomic E-state index is -0.641. The van der Waals surface area contributed by atoms with Gasteiger partial charge in [0.2, 0.25) is 5.82 Å². The van der Waals surface area contributed by atoms with Crippen LogP contribution in [-0.4, -0.2) is 40.4 Å². The Morgan fingerprint density at radius 3 is 2.62 bits per heavy atom. The molecule has 2 aliphatic rings. The molecule has 3 heterocycles. The molecule has 7 nitrogen and oxygen atoms in total. The van der Waals surface area contributed by atoms with E-state index in [0.29, 0.717) is 17.0 Å². The molecule has 0 aliphatic carbocycles. The van der Waals surface area contributed by atoms with E-state index in [2.05, 4.69) is 10.3 Å². The molecule has 9 heteroatoms. The van der Waals surface area contributed by atoms with Crippen molar-refractivity contribution in [3.63, 3.8) is 0 Å². The van der Waals surface area contributed by atoms with Crippen LogP contribution in [0.1, 0.15) is 49.7 Å². The lowest BCUT2D eigenvalue weighted by Gasteiger charge is -2.32. The quantitative estimate of drug-likeness (QED) is 0.469. The normalized spacial score (nSPS) is 19.9. The second-order valence-electron chi connectivity index (χ2n) is 8.45. The summed E-state index contributed by atoms with van der Waals surface area (Å²) in [6, 6.07) is 5.23. The average molecular weight is 418 g/mol. The molecule has 0 amide bonds. The zero-order chi connectivity index (χ0) is 21.0. The molecule has 2 aliphatic heterocycles. The molecular weight excluding hydrogens is 393 g/mol. The second-order valence-corrected chi connectivity index (χ2v) is 8.83. The van der Waals surface area contributed by atoms with Crippen molar-refractivity contribution in [3.05, 3.63) is 40.4 Å². The molecule has 154 valence electrons. The average Bonchev–Trinajstić information content (AvgIpc) is 3.10. The first-order chi connectivity index (χ1) is 13.6. The maximum absolute atomic E-state index is 12.8. The van der Waals surface area contributed by atoms with Crippen molar-refractivity contribution in [1.29, 1.82) is 0 Å². The molecular formula is C20H25BClN3O4. The molecule has 1 aromatic carbocycles. The summed E-state index contributed by atoms with van der Waals surface area (Å²) < 4.78 is 19.6. The SMILES string of the molecule is Cn1c(C(=O)Oc2cccc(B3OC(C)(C)C(C)(C)O3)c2Cl)nc2c1CCNC2. The fraction of sp³-hybridized carbons (Fsp3) is 0.500. The summed E-state index contributed by atoms with van der Waals surface area (Å²) in [5.74, 6) is -0.0337. The number of halogens is 1. The van der Waals surface area contributed by atoms with Crippen molar-refractivity contribution >= 4 is 30.2 Å². The Balaban J connectivity index is 1.59. The Morgan fingerprint density at radius 1 is 1.28 bits per heavy atom. The van der Waals surface area contributed by atoms with E-state index in [0.717, 1.165) is 24.4 Å². The van der Waals surface area contributed by atoms with Crippen LogP contribution in [0.5, 0.6) is 5.75 Å². The first-order valence-corrected chi connectivity index (χ1v) is 10.1. The largest absolute Gasteiger partial charge is 0.496 e. The number of fused-ring (bicyclic) bond motifs is 1. The maximum atomic E-state index is 12.8. The van der Waals surface area contributed by atoms with Gasteiger partial charge in [-0.1, -0.05) is 23.7 Å². The summed E-state index contributed by atoms with van der Waals surface area (Å²) in [5, 5.41) is 3.55. The van der Waals surface area contributed by atoms with Gasteiger partial charge in [-0.3, -0.25) is 0 Å². The van der Waals surface area contributed by atoms with Crippen LogP contribution in [0.4, 0.5) is 0 Å². The molecule has 1 aromatic heterocycles. The number of nitrogens with zero attached hydrogens (tertiary/aromatic N) is 2. The summed E-state index contributed by atoms with van der Waals surface area (Å²) >= 11 is 6.57. The highest BCUT2D eigenvalue weighted by atomic mass is 35.5. The lowest BCUT2D eigenvalue weighted by Crippen LogP contribution is -2.41. The van der Waals surface area contributed by atoms with Crippen LogP contribution in [0.15, 0.2) is 18.2 Å². The first kappa shape index (κ1) is 20.4. The van der Waals surface area contributed by atoms with Gasteiger partial charge in [-0.2, -0.15) is 0 Å². The highest BCUT2D eigenvalue weighted by Crippen LogP contribution is 2.37. The summed E-state index contributed by atoms with van der Waals surface area (Å²) in [7, 11) is 1.19. The maximum Gasteiger partial charge on any atom is 0.496 e. The standard InChI is InChI=1S/C20H25BClN3O4/c1-19(2)20(3,4)29-21(28-19)12-7-6-8-15(16(12)22)27-18(26)17-24-13-11-23-10-9-14(13)25(17)5/h6-8,23H,9-11H2,1-5H3. The van der Waals surface area contributed by atoms with E-state index < -0.39 is 24.3 Å². The fourth-order valence-electron chi connectivity index (χ4n) is 3.54. The van der Waals surface area contributed by atoms with Crippen LogP contribution in [0.3, 0.4) is 0 Å². The minimum absolute atomic E-state index is 0.253. The van der Waals surface area contributed by atoms with Crippen LogP contribution in [-0.2, 0) is 29.3 Å². The third-order valence-corrected chi connectivity index (χ3v) is 6.42. The van der Waals surface area contributed by atoms with E-state index in [1.165, 1.54) is 0 Å². The summed E-state index contributed by atoms with van der Waals surface area (Å²) in [6.45, 7) is 9.41. The van der Waals surface area contributed by atoms with Crippen LogP contribution >= 0.6 is 11.6 Å². The van der Waals surface area contributed by atoms with Crippen molar-refractivity contribution < 1.29 is 18.8 Å². The van der Waals surface area contributed by atoms with Gasteiger partial charge in [0, 0.05) is 37.7 Å². The van der Waals surface area contributed by atoms with Gasteiger partial charge in [0.25, 0.3) is 0 Å². The monoisotopic (exact) mass is 417 g/mol. The Hall–Kier alpha value is -1.87. The van der Waals surface area contributed by atoms with Crippen molar-refractivity contribution in [2.75, 3.05) is 6.54 Å². The Morgan fingerprint density at radius 2 is 1.97 bits per heavy atom. The number of ether oxygens (including phenoxy) is 1. The van der Waals surface area contributed by atoms with E-state index in [1.807, 2.05) is 40.8 Å². The molecule has 1 fully saturated rings. The number of rotatable bonds is 3. The van der Waals surface area contributed by atoms with E-state index in [9.17, 15) is 4.79 Å². The third kappa shape index (κ3) is 3.48. The molecule has 29 heavy (non-hydrogen) atoms. The van der Waals surface area contributed by atoms with Crippen LogP contribution in [0.25, 0.3) is 0 Å². The van der Waals surface area contributed by atoms with Crippen molar-refractivity contribution in [1.82, 2.24) is 14.9 Å². The first-order valence-electron chi connectivity index (χ1n) is 9.72. The third-order valence-electron chi connectivity index (χ3n) is 6.01. The van der Waals surface area contributed by atoms with Gasteiger partial charge in [0.15, 0.2) is 0 Å². The Bertz CT molecular complexity index is 957. The van der Waals surface area contributed by atoms with Gasteiger partial charge >= 0.3 is 13.1 Å². The fourth-order valence-corrected chi connectivity index (χ4v) is 3.80. The van der Waals surface area contributed by atoms with Crippen LogP contribution < -0.4 is 15.5 Å². The van der Waals surface area contributed by atoms with Gasteiger partial charge in [-0.15, -0.1) is 0 Å². The van der Waals surface area contributed by atoms with Gasteiger partial charge in [0.1, 0.15) is 5.75 Å². The number of nitrogens with one attached hydrogen (secondary N) is 1. The number of hydrogen-bond acceptors (Lipinski definition) is 6. The topological polar surface area (TPSA) is 74.6 Å². The van der Waals surface area contributed by atoms with Gasteiger partial charge < -0.3 is 23.9 Å². The minimum Gasteiger partial charge on any atom is -0.419 e. The molecule has 2 aromatic rings. The molecule has 1 N–H and O–H groups in total. The Kier molecular flexibility index (Phi) is 5.02. The van der Waals surface area contributed by atoms with E-state index in [4.69, 9.17) is 25.6 Å². The summed E-state index contributed by atoms with van der Waals surface area (Å²) in [5.41, 5.74) is 1.57. The second kappa shape index (κ2) is 7.13. The van der Waals surface area contributed by atoms with E-state index in [-0.39, 0.29) is 11.6 Å². The molecule has 0 spiro atoms. The number of hydrogen-bond donors (Lipinski definition) is 1. The van der Waals surface area contributed by atoms with Gasteiger partial charge in [-0.25, -0.2) is 9.78 Å². The zero-order valence-electron chi connectivity index (χ0n) is 17.3. The predicted molar refractivity (Wildman–Crippen MR) is 111 cm³/mol. The van der Waals surface area contributed by atoms with Crippen molar-refractivity contribution in [2.45, 2.75) is 51.9 Å². The molecule has 1 saturated heterocycles. The van der Waals surface area contributed by atoms with Crippen molar-refractivity contribution in [3.8, 4) is 5.75 Å². The van der Waals surface area contributed by atoms with E-state index >= 15 is 0 Å². The van der Waals surface area contributed by atoms with Crippen LogP contribution in [0, 0.1) is 0 Å². The highest BCUT2D eigenvalue weighted by Gasteiger charge is 2.52. The lowest BCUT2D eigenvalue weighted by atomic mass is 9.79. The summed E-state index contributed by atoms with van der Waals surface area (Å²) in [6.07, 6.45) is 0.824. The molecule has 4 rings (SSSR count). The smallest absolute Gasteiger partial charge is 0.419 e. The van der Waals surface area contributed by atoms with E-state index in [1.54, 1.807) is 16.7 Å².